The van der Waals surface area contributed by atoms with E-state index in [0.29, 0.717) is 30.6 Å². The highest BCUT2D eigenvalue weighted by Crippen LogP contribution is 2.05. The van der Waals surface area contributed by atoms with Crippen molar-refractivity contribution in [2.45, 2.75) is 20.3 Å². The third-order valence-corrected chi connectivity index (χ3v) is 2.29. The summed E-state index contributed by atoms with van der Waals surface area (Å²) in [4.78, 5) is 15.2. The number of halogens is 1. The molecule has 1 aromatic rings. The van der Waals surface area contributed by atoms with Gasteiger partial charge in [0.15, 0.2) is 0 Å². The normalized spacial score (nSPS) is 10.4. The molecule has 1 amide bonds. The van der Waals surface area contributed by atoms with Gasteiger partial charge in [0, 0.05) is 19.2 Å². The first-order chi connectivity index (χ1) is 8.08. The Morgan fingerprint density at radius 2 is 2.29 bits per heavy atom. The molecule has 1 rings (SSSR count). The van der Waals surface area contributed by atoms with Gasteiger partial charge < -0.3 is 10.1 Å². The largest absolute Gasteiger partial charge is 0.449 e. The Balaban J connectivity index is 2.19. The smallest absolute Gasteiger partial charge is 0.407 e. The molecule has 1 heterocycles. The third-order valence-electron chi connectivity index (χ3n) is 2.07. The van der Waals surface area contributed by atoms with Crippen molar-refractivity contribution in [3.63, 3.8) is 0 Å². The van der Waals surface area contributed by atoms with Crippen LogP contribution in [-0.2, 0) is 11.2 Å². The molecule has 0 aromatic carbocycles. The van der Waals surface area contributed by atoms with Gasteiger partial charge in [0.25, 0.3) is 0 Å². The molecule has 0 bridgehead atoms. The molecule has 0 unspecified atom stereocenters. The molecule has 0 saturated carbocycles. The molecule has 0 atom stereocenters. The summed E-state index contributed by atoms with van der Waals surface area (Å²) in [6.07, 6.45) is 1.94. The Hall–Kier alpha value is -1.29. The lowest BCUT2D eigenvalue weighted by Crippen LogP contribution is -2.28. The average molecular weight is 257 g/mol. The van der Waals surface area contributed by atoms with Crippen molar-refractivity contribution in [2.75, 3.05) is 13.2 Å². The number of carbonyl (C=O) groups is 1. The Morgan fingerprint density at radius 3 is 2.88 bits per heavy atom. The van der Waals surface area contributed by atoms with E-state index in [1.54, 1.807) is 12.3 Å². The minimum absolute atomic E-state index is 0.341. The summed E-state index contributed by atoms with van der Waals surface area (Å²) in [6.45, 7) is 5.02. The summed E-state index contributed by atoms with van der Waals surface area (Å²) < 4.78 is 5.02. The van der Waals surface area contributed by atoms with Gasteiger partial charge in [-0.1, -0.05) is 31.5 Å². The number of pyridine rings is 1. The lowest BCUT2D eigenvalue weighted by atomic mass is 10.2. The predicted molar refractivity (Wildman–Crippen MR) is 67.1 cm³/mol. The number of carbonyl (C=O) groups excluding carboxylic acids is 1. The highest BCUT2D eigenvalue weighted by molar-refractivity contribution is 6.29. The number of rotatable bonds is 5. The molecule has 5 heteroatoms. The Bertz CT molecular complexity index is 352. The van der Waals surface area contributed by atoms with Crippen LogP contribution in [0.2, 0.25) is 5.15 Å². The van der Waals surface area contributed by atoms with Gasteiger partial charge >= 0.3 is 6.09 Å². The van der Waals surface area contributed by atoms with Crippen LogP contribution in [0.3, 0.4) is 0 Å². The van der Waals surface area contributed by atoms with Crippen LogP contribution in [-0.4, -0.2) is 24.2 Å². The number of alkyl carbamates (subject to hydrolysis) is 1. The maximum absolute atomic E-state index is 11.2. The van der Waals surface area contributed by atoms with E-state index in [1.165, 1.54) is 0 Å². The van der Waals surface area contributed by atoms with Gasteiger partial charge in [-0.05, 0) is 17.5 Å². The van der Waals surface area contributed by atoms with E-state index in [9.17, 15) is 4.79 Å². The monoisotopic (exact) mass is 256 g/mol. The number of aromatic nitrogens is 1. The van der Waals surface area contributed by atoms with Crippen molar-refractivity contribution in [2.24, 2.45) is 5.92 Å². The molecule has 0 fully saturated rings. The minimum Gasteiger partial charge on any atom is -0.449 e. The van der Waals surface area contributed by atoms with Gasteiger partial charge in [-0.3, -0.25) is 0 Å². The van der Waals surface area contributed by atoms with Crippen LogP contribution in [0.4, 0.5) is 4.79 Å². The van der Waals surface area contributed by atoms with Crippen molar-refractivity contribution in [3.05, 3.63) is 29.0 Å². The first-order valence-electron chi connectivity index (χ1n) is 5.59. The molecule has 1 N–H and O–H groups in total. The molecule has 0 aliphatic rings. The molecular weight excluding hydrogens is 240 g/mol. The molecule has 4 nitrogen and oxygen atoms in total. The molecular formula is C12H17ClN2O2. The fraction of sp³-hybridized carbons (Fsp3) is 0.500. The van der Waals surface area contributed by atoms with Gasteiger partial charge in [-0.25, -0.2) is 9.78 Å². The molecule has 0 spiro atoms. The van der Waals surface area contributed by atoms with Crippen molar-refractivity contribution in [1.29, 1.82) is 0 Å². The van der Waals surface area contributed by atoms with E-state index in [1.807, 2.05) is 19.9 Å². The standard InChI is InChI=1S/C12H17ClN2O2/c1-9(2)7-15-12(16)17-6-5-10-3-4-11(13)14-8-10/h3-4,8-9H,5-7H2,1-2H3,(H,15,16). The average Bonchev–Trinajstić information content (AvgIpc) is 2.29. The Morgan fingerprint density at radius 1 is 1.53 bits per heavy atom. The van der Waals surface area contributed by atoms with Gasteiger partial charge in [0.2, 0.25) is 0 Å². The van der Waals surface area contributed by atoms with Crippen LogP contribution in [0, 0.1) is 5.92 Å². The van der Waals surface area contributed by atoms with Crippen LogP contribution in [0.5, 0.6) is 0 Å². The molecule has 0 radical (unpaired) electrons. The van der Waals surface area contributed by atoms with Crippen LogP contribution in [0.1, 0.15) is 19.4 Å². The van der Waals surface area contributed by atoms with E-state index in [0.717, 1.165) is 5.56 Å². The maximum atomic E-state index is 11.2. The third kappa shape index (κ3) is 6.12. The number of hydrogen-bond donors (Lipinski definition) is 1. The second kappa shape index (κ2) is 7.12. The van der Waals surface area contributed by atoms with Crippen LogP contribution in [0.15, 0.2) is 18.3 Å². The van der Waals surface area contributed by atoms with Crippen LogP contribution in [0.25, 0.3) is 0 Å². The quantitative estimate of drug-likeness (QED) is 0.824. The zero-order valence-electron chi connectivity index (χ0n) is 10.1. The SMILES string of the molecule is CC(C)CNC(=O)OCCc1ccc(Cl)nc1. The molecule has 0 aliphatic heterocycles. The maximum Gasteiger partial charge on any atom is 0.407 e. The Labute approximate surface area is 106 Å². The van der Waals surface area contributed by atoms with Crippen molar-refractivity contribution >= 4 is 17.7 Å². The lowest BCUT2D eigenvalue weighted by molar-refractivity contribution is 0.146. The van der Waals surface area contributed by atoms with Crippen LogP contribution < -0.4 is 5.32 Å². The fourth-order valence-electron chi connectivity index (χ4n) is 1.15. The topological polar surface area (TPSA) is 51.2 Å². The summed E-state index contributed by atoms with van der Waals surface area (Å²) >= 11 is 5.66. The molecule has 17 heavy (non-hydrogen) atoms. The zero-order chi connectivity index (χ0) is 12.7. The number of amides is 1. The lowest BCUT2D eigenvalue weighted by Gasteiger charge is -2.08. The number of hydrogen-bond acceptors (Lipinski definition) is 3. The second-order valence-electron chi connectivity index (χ2n) is 4.15. The number of ether oxygens (including phenoxy) is 1. The first-order valence-corrected chi connectivity index (χ1v) is 5.97. The molecule has 1 aromatic heterocycles. The van der Waals surface area contributed by atoms with Gasteiger partial charge in [0.1, 0.15) is 5.15 Å². The molecule has 0 saturated heterocycles. The van der Waals surface area contributed by atoms with Crippen molar-refractivity contribution < 1.29 is 9.53 Å². The fourth-order valence-corrected chi connectivity index (χ4v) is 1.27. The second-order valence-corrected chi connectivity index (χ2v) is 4.54. The van der Waals surface area contributed by atoms with E-state index >= 15 is 0 Å². The first kappa shape index (κ1) is 13.8. The predicted octanol–water partition coefficient (Wildman–Crippen LogP) is 2.66. The van der Waals surface area contributed by atoms with E-state index in [-0.39, 0.29) is 6.09 Å². The highest BCUT2D eigenvalue weighted by atomic mass is 35.5. The van der Waals surface area contributed by atoms with Gasteiger partial charge in [0.05, 0.1) is 6.61 Å². The molecule has 0 aliphatic carbocycles. The summed E-state index contributed by atoms with van der Waals surface area (Å²) in [5, 5.41) is 3.14. The van der Waals surface area contributed by atoms with Crippen LogP contribution >= 0.6 is 11.6 Å². The van der Waals surface area contributed by atoms with Crippen molar-refractivity contribution in [3.8, 4) is 0 Å². The summed E-state index contributed by atoms with van der Waals surface area (Å²) in [6, 6.07) is 3.58. The molecule has 94 valence electrons. The minimum atomic E-state index is -0.374. The summed E-state index contributed by atoms with van der Waals surface area (Å²) in [5.41, 5.74) is 0.992. The van der Waals surface area contributed by atoms with Gasteiger partial charge in [-0.15, -0.1) is 0 Å². The highest BCUT2D eigenvalue weighted by Gasteiger charge is 2.03. The number of nitrogens with one attached hydrogen (secondary N) is 1. The van der Waals surface area contributed by atoms with E-state index in [2.05, 4.69) is 10.3 Å². The summed E-state index contributed by atoms with van der Waals surface area (Å²) in [5.74, 6) is 0.419. The van der Waals surface area contributed by atoms with E-state index in [4.69, 9.17) is 16.3 Å². The zero-order valence-corrected chi connectivity index (χ0v) is 10.8. The van der Waals surface area contributed by atoms with Gasteiger partial charge in [-0.2, -0.15) is 0 Å². The van der Waals surface area contributed by atoms with Crippen molar-refractivity contribution in [1.82, 2.24) is 10.3 Å². The van der Waals surface area contributed by atoms with E-state index < -0.39 is 0 Å². The number of nitrogens with zero attached hydrogens (tertiary/aromatic N) is 1. The Kier molecular flexibility index (Phi) is 5.77. The summed E-state index contributed by atoms with van der Waals surface area (Å²) in [7, 11) is 0.